The maximum atomic E-state index is 12.8. The van der Waals surface area contributed by atoms with Crippen molar-refractivity contribution in [2.45, 2.75) is 63.5 Å². The van der Waals surface area contributed by atoms with E-state index in [1.807, 2.05) is 24.1 Å². The Morgan fingerprint density at radius 3 is 2.16 bits per heavy atom. The highest BCUT2D eigenvalue weighted by molar-refractivity contribution is 6.30. The Bertz CT molecular complexity index is 872. The van der Waals surface area contributed by atoms with Gasteiger partial charge in [0, 0.05) is 36.3 Å². The zero-order valence-electron chi connectivity index (χ0n) is 19.3. The summed E-state index contributed by atoms with van der Waals surface area (Å²) in [6.45, 7) is 5.10. The quantitative estimate of drug-likeness (QED) is 0.465. The SMILES string of the molecule is CCN(CCOc1ccc(C2CCC(N(C)C(=O)c3ccc(Cl)cc3)CC2)cc1)C1CC1. The van der Waals surface area contributed by atoms with Gasteiger partial charge in [0.05, 0.1) is 0 Å². The van der Waals surface area contributed by atoms with Crippen LogP contribution in [0.15, 0.2) is 48.5 Å². The fourth-order valence-corrected chi connectivity index (χ4v) is 5.04. The topological polar surface area (TPSA) is 32.8 Å². The predicted octanol–water partition coefficient (Wildman–Crippen LogP) is 6.00. The first kappa shape index (κ1) is 23.1. The number of carbonyl (C=O) groups excluding carboxylic acids is 1. The summed E-state index contributed by atoms with van der Waals surface area (Å²) in [5, 5.41) is 0.655. The van der Waals surface area contributed by atoms with Gasteiger partial charge >= 0.3 is 0 Å². The molecule has 2 fully saturated rings. The van der Waals surface area contributed by atoms with Crippen LogP contribution in [-0.4, -0.2) is 54.5 Å². The van der Waals surface area contributed by atoms with Crippen LogP contribution in [-0.2, 0) is 0 Å². The predicted molar refractivity (Wildman–Crippen MR) is 131 cm³/mol. The molecule has 1 amide bonds. The van der Waals surface area contributed by atoms with Gasteiger partial charge in [-0.1, -0.05) is 30.7 Å². The van der Waals surface area contributed by atoms with Gasteiger partial charge in [0.15, 0.2) is 0 Å². The van der Waals surface area contributed by atoms with Gasteiger partial charge in [-0.2, -0.15) is 0 Å². The zero-order valence-corrected chi connectivity index (χ0v) is 20.1. The lowest BCUT2D eigenvalue weighted by atomic mass is 9.81. The number of hydrogen-bond acceptors (Lipinski definition) is 3. The standard InChI is InChI=1S/C27H35ClN2O2/c1-3-30(25-14-15-25)18-19-32-26-16-8-21(9-17-26)20-6-12-24(13-7-20)29(2)27(31)22-4-10-23(28)11-5-22/h4-5,8-11,16-17,20,24-25H,3,6-7,12-15,18-19H2,1-2H3. The first-order valence-electron chi connectivity index (χ1n) is 12.0. The summed E-state index contributed by atoms with van der Waals surface area (Å²) < 4.78 is 5.99. The Hall–Kier alpha value is -2.04. The van der Waals surface area contributed by atoms with Gasteiger partial charge in [-0.25, -0.2) is 0 Å². The van der Waals surface area contributed by atoms with E-state index in [1.165, 1.54) is 18.4 Å². The molecular formula is C27H35ClN2O2. The van der Waals surface area contributed by atoms with Crippen LogP contribution in [0.4, 0.5) is 0 Å². The highest BCUT2D eigenvalue weighted by atomic mass is 35.5. The molecule has 0 N–H and O–H groups in total. The molecule has 0 atom stereocenters. The summed E-state index contributed by atoms with van der Waals surface area (Å²) in [5.41, 5.74) is 2.09. The van der Waals surface area contributed by atoms with Crippen LogP contribution in [0.1, 0.15) is 67.3 Å². The number of halogens is 1. The smallest absolute Gasteiger partial charge is 0.253 e. The first-order valence-corrected chi connectivity index (χ1v) is 12.4. The molecule has 0 spiro atoms. The second kappa shape index (κ2) is 10.7. The van der Waals surface area contributed by atoms with Gasteiger partial charge in [0.1, 0.15) is 12.4 Å². The molecule has 2 aliphatic carbocycles. The fourth-order valence-electron chi connectivity index (χ4n) is 4.91. The lowest BCUT2D eigenvalue weighted by Gasteiger charge is -2.35. The molecule has 0 radical (unpaired) electrons. The van der Waals surface area contributed by atoms with Gasteiger partial charge in [0.25, 0.3) is 5.91 Å². The maximum absolute atomic E-state index is 12.8. The normalized spacial score (nSPS) is 20.9. The molecule has 4 rings (SSSR count). The molecule has 0 unspecified atom stereocenters. The Balaban J connectivity index is 1.23. The van der Waals surface area contributed by atoms with Crippen molar-refractivity contribution in [2.75, 3.05) is 26.7 Å². The molecule has 2 aliphatic rings. The minimum Gasteiger partial charge on any atom is -0.492 e. The van der Waals surface area contributed by atoms with Gasteiger partial charge in [0.2, 0.25) is 0 Å². The second-order valence-corrected chi connectivity index (χ2v) is 9.64. The average Bonchev–Trinajstić information content (AvgIpc) is 3.67. The molecular weight excluding hydrogens is 420 g/mol. The van der Waals surface area contributed by atoms with Crippen LogP contribution in [0.3, 0.4) is 0 Å². The minimum atomic E-state index is 0.0787. The third-order valence-electron chi connectivity index (χ3n) is 7.12. The van der Waals surface area contributed by atoms with Crippen LogP contribution in [0, 0.1) is 0 Å². The second-order valence-electron chi connectivity index (χ2n) is 9.21. The first-order chi connectivity index (χ1) is 15.5. The third-order valence-corrected chi connectivity index (χ3v) is 7.38. The number of benzene rings is 2. The van der Waals surface area contributed by atoms with Crippen molar-refractivity contribution >= 4 is 17.5 Å². The van der Waals surface area contributed by atoms with Crippen LogP contribution < -0.4 is 4.74 Å². The van der Waals surface area contributed by atoms with Crippen LogP contribution in [0.2, 0.25) is 5.02 Å². The number of carbonyl (C=O) groups is 1. The number of rotatable bonds is 9. The summed E-state index contributed by atoms with van der Waals surface area (Å²) in [5.74, 6) is 1.60. The Labute approximate surface area is 197 Å². The average molecular weight is 455 g/mol. The highest BCUT2D eigenvalue weighted by Crippen LogP contribution is 2.35. The van der Waals surface area contributed by atoms with E-state index >= 15 is 0 Å². The van der Waals surface area contributed by atoms with Crippen molar-refractivity contribution in [3.63, 3.8) is 0 Å². The fraction of sp³-hybridized carbons (Fsp3) is 0.519. The van der Waals surface area contributed by atoms with Crippen molar-refractivity contribution in [3.8, 4) is 5.75 Å². The van der Waals surface area contributed by atoms with Gasteiger partial charge in [-0.15, -0.1) is 0 Å². The van der Waals surface area contributed by atoms with Gasteiger partial charge in [-0.05, 0) is 92.9 Å². The highest BCUT2D eigenvalue weighted by Gasteiger charge is 2.28. The van der Waals surface area contributed by atoms with E-state index in [2.05, 4.69) is 36.1 Å². The molecule has 0 bridgehead atoms. The van der Waals surface area contributed by atoms with E-state index in [0.717, 1.165) is 57.2 Å². The molecule has 2 saturated carbocycles. The monoisotopic (exact) mass is 454 g/mol. The number of likely N-dealkylation sites (N-methyl/N-ethyl adjacent to an activating group) is 1. The molecule has 0 heterocycles. The van der Waals surface area contributed by atoms with E-state index < -0.39 is 0 Å². The number of amides is 1. The van der Waals surface area contributed by atoms with Crippen LogP contribution in [0.5, 0.6) is 5.75 Å². The Morgan fingerprint density at radius 2 is 1.56 bits per heavy atom. The molecule has 4 nitrogen and oxygen atoms in total. The van der Waals surface area contributed by atoms with E-state index in [9.17, 15) is 4.79 Å². The summed E-state index contributed by atoms with van der Waals surface area (Å²) in [4.78, 5) is 17.2. The van der Waals surface area contributed by atoms with Crippen molar-refractivity contribution in [2.24, 2.45) is 0 Å². The zero-order chi connectivity index (χ0) is 22.5. The summed E-state index contributed by atoms with van der Waals surface area (Å²) in [7, 11) is 1.93. The van der Waals surface area contributed by atoms with Crippen molar-refractivity contribution in [1.29, 1.82) is 0 Å². The molecule has 2 aromatic rings. The van der Waals surface area contributed by atoms with E-state index in [0.29, 0.717) is 22.5 Å². The van der Waals surface area contributed by atoms with E-state index in [1.54, 1.807) is 12.1 Å². The molecule has 172 valence electrons. The summed E-state index contributed by atoms with van der Waals surface area (Å²) in [6.07, 6.45) is 6.97. The largest absolute Gasteiger partial charge is 0.492 e. The molecule has 5 heteroatoms. The molecule has 0 saturated heterocycles. The molecule has 0 aliphatic heterocycles. The van der Waals surface area contributed by atoms with E-state index in [4.69, 9.17) is 16.3 Å². The van der Waals surface area contributed by atoms with Crippen molar-refractivity contribution < 1.29 is 9.53 Å². The maximum Gasteiger partial charge on any atom is 0.253 e. The van der Waals surface area contributed by atoms with Gasteiger partial charge < -0.3 is 9.64 Å². The summed E-state index contributed by atoms with van der Waals surface area (Å²) >= 11 is 5.95. The van der Waals surface area contributed by atoms with E-state index in [-0.39, 0.29) is 5.91 Å². The number of nitrogens with zero attached hydrogens (tertiary/aromatic N) is 2. The molecule has 0 aromatic heterocycles. The third kappa shape index (κ3) is 5.85. The van der Waals surface area contributed by atoms with Crippen molar-refractivity contribution in [3.05, 3.63) is 64.7 Å². The Kier molecular flexibility index (Phi) is 7.75. The number of hydrogen-bond donors (Lipinski definition) is 0. The molecule has 32 heavy (non-hydrogen) atoms. The Morgan fingerprint density at radius 1 is 0.938 bits per heavy atom. The van der Waals surface area contributed by atoms with Crippen LogP contribution in [0.25, 0.3) is 0 Å². The lowest BCUT2D eigenvalue weighted by molar-refractivity contribution is 0.0689. The lowest BCUT2D eigenvalue weighted by Crippen LogP contribution is -2.39. The van der Waals surface area contributed by atoms with Crippen molar-refractivity contribution in [1.82, 2.24) is 9.80 Å². The molecule has 2 aromatic carbocycles. The minimum absolute atomic E-state index is 0.0787. The summed E-state index contributed by atoms with van der Waals surface area (Å²) in [6, 6.07) is 16.9. The van der Waals surface area contributed by atoms with Crippen LogP contribution >= 0.6 is 11.6 Å². The number of ether oxygens (including phenoxy) is 1. The van der Waals surface area contributed by atoms with Gasteiger partial charge in [-0.3, -0.25) is 9.69 Å².